The Morgan fingerprint density at radius 3 is 2.85 bits per heavy atom. The Balaban J connectivity index is 1.95. The lowest BCUT2D eigenvalue weighted by atomic mass is 10.3. The summed E-state index contributed by atoms with van der Waals surface area (Å²) in [5.41, 5.74) is 0.703. The van der Waals surface area contributed by atoms with Gasteiger partial charge < -0.3 is 10.6 Å². The number of aromatic nitrogens is 5. The smallest absolute Gasteiger partial charge is 0.226 e. The number of aromatic amines is 1. The van der Waals surface area contributed by atoms with Gasteiger partial charge >= 0.3 is 0 Å². The molecule has 0 amide bonds. The van der Waals surface area contributed by atoms with Crippen LogP contribution in [-0.2, 0) is 0 Å². The van der Waals surface area contributed by atoms with Crippen molar-refractivity contribution in [3.8, 4) is 0 Å². The zero-order valence-electron chi connectivity index (χ0n) is 11.4. The van der Waals surface area contributed by atoms with E-state index in [1.54, 1.807) is 24.6 Å². The molecule has 0 saturated heterocycles. The molecule has 1 unspecified atom stereocenters. The highest BCUT2D eigenvalue weighted by Crippen LogP contribution is 2.26. The third-order valence-electron chi connectivity index (χ3n) is 2.90. The summed E-state index contributed by atoms with van der Waals surface area (Å²) >= 11 is 1.68. The molecule has 0 aliphatic heterocycles. The van der Waals surface area contributed by atoms with Crippen molar-refractivity contribution >= 4 is 34.1 Å². The topological polar surface area (TPSA) is 91.4 Å². The number of nitrogens with zero attached hydrogens (tertiary/aromatic N) is 4. The zero-order chi connectivity index (χ0) is 14.1. The van der Waals surface area contributed by atoms with Crippen LogP contribution in [0.3, 0.4) is 0 Å². The highest BCUT2D eigenvalue weighted by Gasteiger charge is 2.14. The van der Waals surface area contributed by atoms with Crippen molar-refractivity contribution in [2.24, 2.45) is 0 Å². The van der Waals surface area contributed by atoms with Crippen molar-refractivity contribution in [3.05, 3.63) is 22.3 Å². The van der Waals surface area contributed by atoms with Gasteiger partial charge in [-0.15, -0.1) is 11.3 Å². The average molecular weight is 289 g/mol. The van der Waals surface area contributed by atoms with Gasteiger partial charge in [-0.3, -0.25) is 5.10 Å². The number of hydrogen-bond acceptors (Lipinski definition) is 7. The minimum atomic E-state index is 0.0754. The van der Waals surface area contributed by atoms with Crippen molar-refractivity contribution in [2.45, 2.75) is 19.9 Å². The number of anilines is 2. The van der Waals surface area contributed by atoms with Crippen LogP contribution in [0.4, 0.5) is 11.8 Å². The number of fused-ring (bicyclic) bond motifs is 1. The highest BCUT2D eigenvalue weighted by atomic mass is 32.1. The lowest BCUT2D eigenvalue weighted by Crippen LogP contribution is -2.09. The van der Waals surface area contributed by atoms with Gasteiger partial charge in [0, 0.05) is 18.1 Å². The summed E-state index contributed by atoms with van der Waals surface area (Å²) in [5.74, 6) is 1.29. The second-order valence-corrected chi connectivity index (χ2v) is 5.72. The summed E-state index contributed by atoms with van der Waals surface area (Å²) in [4.78, 5) is 14.3. The summed E-state index contributed by atoms with van der Waals surface area (Å²) in [6.07, 6.45) is 3.60. The molecule has 20 heavy (non-hydrogen) atoms. The fourth-order valence-corrected chi connectivity index (χ4v) is 2.67. The predicted octanol–water partition coefficient (Wildman–Crippen LogP) is 2.33. The van der Waals surface area contributed by atoms with Gasteiger partial charge in [-0.1, -0.05) is 0 Å². The quantitative estimate of drug-likeness (QED) is 0.683. The normalized spacial score (nSPS) is 12.6. The van der Waals surface area contributed by atoms with Crippen molar-refractivity contribution in [1.82, 2.24) is 25.1 Å². The third-order valence-corrected chi connectivity index (χ3v) is 3.99. The van der Waals surface area contributed by atoms with Crippen molar-refractivity contribution in [1.29, 1.82) is 0 Å². The summed E-state index contributed by atoms with van der Waals surface area (Å²) in [6, 6.07) is 0.0754. The Kier molecular flexibility index (Phi) is 3.23. The average Bonchev–Trinajstić information content (AvgIpc) is 3.06. The molecule has 1 atom stereocenters. The number of aryl methyl sites for hydroxylation is 1. The predicted molar refractivity (Wildman–Crippen MR) is 80.1 cm³/mol. The molecule has 0 bridgehead atoms. The summed E-state index contributed by atoms with van der Waals surface area (Å²) < 4.78 is 0. The number of thiazole rings is 1. The van der Waals surface area contributed by atoms with Gasteiger partial charge in [-0.25, -0.2) is 4.98 Å². The molecule has 0 fully saturated rings. The number of hydrogen-bond donors (Lipinski definition) is 3. The lowest BCUT2D eigenvalue weighted by molar-refractivity contribution is 0.862. The first kappa shape index (κ1) is 12.8. The molecular formula is C12H15N7S. The van der Waals surface area contributed by atoms with E-state index in [2.05, 4.69) is 42.7 Å². The van der Waals surface area contributed by atoms with Gasteiger partial charge in [0.15, 0.2) is 5.65 Å². The molecule has 3 aromatic heterocycles. The molecule has 3 rings (SSSR count). The van der Waals surface area contributed by atoms with E-state index in [9.17, 15) is 0 Å². The van der Waals surface area contributed by atoms with Crippen LogP contribution in [0.1, 0.15) is 22.9 Å². The summed E-state index contributed by atoms with van der Waals surface area (Å²) in [5, 5.41) is 15.1. The van der Waals surface area contributed by atoms with E-state index < -0.39 is 0 Å². The van der Waals surface area contributed by atoms with Gasteiger partial charge in [-0.05, 0) is 13.8 Å². The van der Waals surface area contributed by atoms with E-state index in [1.165, 1.54) is 4.88 Å². The maximum Gasteiger partial charge on any atom is 0.226 e. The van der Waals surface area contributed by atoms with E-state index in [4.69, 9.17) is 0 Å². The highest BCUT2D eigenvalue weighted by molar-refractivity contribution is 7.11. The van der Waals surface area contributed by atoms with Crippen LogP contribution in [0, 0.1) is 6.92 Å². The Hall–Kier alpha value is -2.22. The molecule has 0 aliphatic carbocycles. The molecule has 0 radical (unpaired) electrons. The maximum absolute atomic E-state index is 4.45. The molecule has 104 valence electrons. The Labute approximate surface area is 119 Å². The molecule has 3 N–H and O–H groups in total. The van der Waals surface area contributed by atoms with Crippen molar-refractivity contribution < 1.29 is 0 Å². The molecule has 8 heteroatoms. The van der Waals surface area contributed by atoms with E-state index in [0.717, 1.165) is 16.2 Å². The molecule has 0 aliphatic rings. The molecular weight excluding hydrogens is 274 g/mol. The lowest BCUT2D eigenvalue weighted by Gasteiger charge is -2.13. The minimum absolute atomic E-state index is 0.0754. The fourth-order valence-electron chi connectivity index (χ4n) is 1.90. The van der Waals surface area contributed by atoms with Crippen molar-refractivity contribution in [3.63, 3.8) is 0 Å². The van der Waals surface area contributed by atoms with Crippen LogP contribution in [0.15, 0.2) is 12.4 Å². The Morgan fingerprint density at radius 2 is 2.15 bits per heavy atom. The first-order valence-corrected chi connectivity index (χ1v) is 7.06. The van der Waals surface area contributed by atoms with Gasteiger partial charge in [0.2, 0.25) is 5.95 Å². The molecule has 0 aromatic carbocycles. The second kappa shape index (κ2) is 5.04. The van der Waals surface area contributed by atoms with E-state index in [-0.39, 0.29) is 6.04 Å². The van der Waals surface area contributed by atoms with Gasteiger partial charge in [0.1, 0.15) is 10.8 Å². The number of rotatable bonds is 4. The van der Waals surface area contributed by atoms with Crippen LogP contribution in [0.5, 0.6) is 0 Å². The number of nitrogens with one attached hydrogen (secondary N) is 3. The summed E-state index contributed by atoms with van der Waals surface area (Å²) in [6.45, 7) is 4.11. The third kappa shape index (κ3) is 2.29. The molecule has 0 saturated carbocycles. The zero-order valence-corrected chi connectivity index (χ0v) is 12.2. The van der Waals surface area contributed by atoms with Crippen LogP contribution in [-0.4, -0.2) is 32.2 Å². The first-order chi connectivity index (χ1) is 9.67. The minimum Gasteiger partial charge on any atom is -0.360 e. The first-order valence-electron chi connectivity index (χ1n) is 6.25. The van der Waals surface area contributed by atoms with Crippen LogP contribution in [0.25, 0.3) is 11.0 Å². The molecule has 3 heterocycles. The Morgan fingerprint density at radius 1 is 1.30 bits per heavy atom. The summed E-state index contributed by atoms with van der Waals surface area (Å²) in [7, 11) is 1.79. The molecule has 3 aromatic rings. The SMILES string of the molecule is CNc1nc(NC(C)c2ncc(C)s2)c2cn[nH]c2n1. The van der Waals surface area contributed by atoms with E-state index in [0.29, 0.717) is 11.6 Å². The monoisotopic (exact) mass is 289 g/mol. The molecule has 0 spiro atoms. The van der Waals surface area contributed by atoms with Crippen LogP contribution in [0.2, 0.25) is 0 Å². The standard InChI is InChI=1S/C12H15N7S/c1-6-4-14-11(20-6)7(2)16-9-8-5-15-19-10(8)18-12(13-3)17-9/h4-5,7H,1-3H3,(H3,13,15,16,17,18,19). The second-order valence-electron chi connectivity index (χ2n) is 4.45. The van der Waals surface area contributed by atoms with Crippen LogP contribution < -0.4 is 10.6 Å². The van der Waals surface area contributed by atoms with Gasteiger partial charge in [-0.2, -0.15) is 15.1 Å². The van der Waals surface area contributed by atoms with Gasteiger partial charge in [0.05, 0.1) is 17.6 Å². The largest absolute Gasteiger partial charge is 0.360 e. The van der Waals surface area contributed by atoms with Crippen LogP contribution >= 0.6 is 11.3 Å². The van der Waals surface area contributed by atoms with Gasteiger partial charge in [0.25, 0.3) is 0 Å². The van der Waals surface area contributed by atoms with Crippen molar-refractivity contribution in [2.75, 3.05) is 17.7 Å². The fraction of sp³-hybridized carbons (Fsp3) is 0.333. The van der Waals surface area contributed by atoms with E-state index in [1.807, 2.05) is 13.1 Å². The maximum atomic E-state index is 4.45. The molecule has 7 nitrogen and oxygen atoms in total. The number of H-pyrrole nitrogens is 1. The Bertz CT molecular complexity index is 732. The van der Waals surface area contributed by atoms with E-state index >= 15 is 0 Å².